The zero-order valence-corrected chi connectivity index (χ0v) is 17.3. The number of rotatable bonds is 15. The molecule has 0 amide bonds. The van der Waals surface area contributed by atoms with Crippen LogP contribution in [0.4, 0.5) is 0 Å². The van der Waals surface area contributed by atoms with Gasteiger partial charge in [-0.25, -0.2) is 0 Å². The fourth-order valence-electron chi connectivity index (χ4n) is 2.60. The lowest BCUT2D eigenvalue weighted by atomic mass is 10.00. The molecule has 1 aromatic carbocycles. The second-order valence-electron chi connectivity index (χ2n) is 6.70. The molecular weight excluding hydrogens is 344 g/mol. The van der Waals surface area contributed by atoms with Crippen LogP contribution in [-0.2, 0) is 19.0 Å². The normalized spacial score (nSPS) is 14.4. The largest absolute Gasteiger partial charge is 0.490 e. The lowest BCUT2D eigenvalue weighted by Crippen LogP contribution is -2.34. The van der Waals surface area contributed by atoms with E-state index in [2.05, 4.69) is 6.92 Å². The highest BCUT2D eigenvalue weighted by atomic mass is 16.7. The Balaban J connectivity index is 2.60. The van der Waals surface area contributed by atoms with Gasteiger partial charge in [0.25, 0.3) is 0 Å². The van der Waals surface area contributed by atoms with Crippen LogP contribution in [0.15, 0.2) is 30.3 Å². The molecule has 0 fully saturated rings. The Hall–Kier alpha value is -1.59. The number of benzene rings is 1. The minimum Gasteiger partial charge on any atom is -0.490 e. The maximum Gasteiger partial charge on any atom is 0.309 e. The summed E-state index contributed by atoms with van der Waals surface area (Å²) in [7, 11) is 0. The van der Waals surface area contributed by atoms with Crippen molar-refractivity contribution in [2.24, 2.45) is 5.92 Å². The van der Waals surface area contributed by atoms with E-state index in [1.165, 1.54) is 0 Å². The number of unbranched alkanes of at least 4 members (excludes halogenated alkanes) is 1. The van der Waals surface area contributed by atoms with Crippen LogP contribution in [0.5, 0.6) is 5.75 Å². The average molecular weight is 381 g/mol. The van der Waals surface area contributed by atoms with Gasteiger partial charge in [0.15, 0.2) is 12.4 Å². The Bertz CT molecular complexity index is 491. The predicted molar refractivity (Wildman–Crippen MR) is 107 cm³/mol. The second kappa shape index (κ2) is 14.5. The first-order chi connectivity index (χ1) is 13.1. The minimum atomic E-state index is -0.471. The molecule has 3 unspecified atom stereocenters. The van der Waals surface area contributed by atoms with E-state index in [0.717, 1.165) is 37.9 Å². The van der Waals surface area contributed by atoms with Crippen molar-refractivity contribution in [3.05, 3.63) is 30.3 Å². The molecule has 0 heterocycles. The summed E-state index contributed by atoms with van der Waals surface area (Å²) < 4.78 is 22.7. The first-order valence-electron chi connectivity index (χ1n) is 10.2. The second-order valence-corrected chi connectivity index (χ2v) is 6.70. The van der Waals surface area contributed by atoms with E-state index in [1.807, 2.05) is 51.1 Å². The Kier molecular flexibility index (Phi) is 12.6. The van der Waals surface area contributed by atoms with Gasteiger partial charge in [0, 0.05) is 6.61 Å². The van der Waals surface area contributed by atoms with Crippen LogP contribution in [0.25, 0.3) is 0 Å². The van der Waals surface area contributed by atoms with E-state index >= 15 is 0 Å². The number of carbonyl (C=O) groups excluding carboxylic acids is 1. The zero-order valence-electron chi connectivity index (χ0n) is 17.3. The van der Waals surface area contributed by atoms with Crippen molar-refractivity contribution in [1.82, 2.24) is 0 Å². The molecule has 1 rings (SSSR count). The average Bonchev–Trinajstić information content (AvgIpc) is 2.69. The maximum atomic E-state index is 12.6. The zero-order chi connectivity index (χ0) is 19.9. The van der Waals surface area contributed by atoms with Gasteiger partial charge in [0.05, 0.1) is 12.5 Å². The first-order valence-corrected chi connectivity index (χ1v) is 10.2. The molecule has 0 aromatic heterocycles. The molecule has 0 spiro atoms. The summed E-state index contributed by atoms with van der Waals surface area (Å²) in [6, 6.07) is 9.50. The minimum absolute atomic E-state index is 0.0714. The monoisotopic (exact) mass is 380 g/mol. The van der Waals surface area contributed by atoms with Crippen molar-refractivity contribution in [2.75, 3.05) is 19.8 Å². The van der Waals surface area contributed by atoms with Crippen LogP contribution >= 0.6 is 0 Å². The van der Waals surface area contributed by atoms with Gasteiger partial charge < -0.3 is 18.9 Å². The van der Waals surface area contributed by atoms with E-state index in [9.17, 15) is 4.79 Å². The molecule has 0 saturated heterocycles. The predicted octanol–water partition coefficient (Wildman–Crippen LogP) is 4.98. The van der Waals surface area contributed by atoms with Crippen LogP contribution in [0.2, 0.25) is 0 Å². The molecule has 154 valence electrons. The van der Waals surface area contributed by atoms with Gasteiger partial charge >= 0.3 is 5.97 Å². The molecule has 0 aliphatic carbocycles. The van der Waals surface area contributed by atoms with Gasteiger partial charge in [-0.1, -0.05) is 51.8 Å². The molecule has 27 heavy (non-hydrogen) atoms. The number of esters is 1. The smallest absolute Gasteiger partial charge is 0.309 e. The van der Waals surface area contributed by atoms with Crippen molar-refractivity contribution in [3.63, 3.8) is 0 Å². The standard InChI is InChI=1S/C22H36O5/c1-5-8-12-19(7-3)22(23)27-21(16-25-18(4)24-15-6-2)17-26-20-13-10-9-11-14-20/h9-11,13-14,18-19,21H,5-8,12,15-17H2,1-4H3. The maximum absolute atomic E-state index is 12.6. The molecule has 0 bridgehead atoms. The van der Waals surface area contributed by atoms with E-state index in [1.54, 1.807) is 0 Å². The lowest BCUT2D eigenvalue weighted by molar-refractivity contribution is -0.175. The SMILES string of the molecule is CCCCC(CC)C(=O)OC(COc1ccccc1)COC(C)OCCC. The van der Waals surface area contributed by atoms with Crippen LogP contribution < -0.4 is 4.74 Å². The number of hydrogen-bond acceptors (Lipinski definition) is 5. The summed E-state index contributed by atoms with van der Waals surface area (Å²) in [6.07, 6.45) is 3.85. The van der Waals surface area contributed by atoms with Crippen molar-refractivity contribution < 1.29 is 23.7 Å². The molecule has 3 atom stereocenters. The van der Waals surface area contributed by atoms with Gasteiger partial charge in [-0.3, -0.25) is 4.79 Å². The number of carbonyl (C=O) groups is 1. The quantitative estimate of drug-likeness (QED) is 0.317. The lowest BCUT2D eigenvalue weighted by Gasteiger charge is -2.23. The summed E-state index contributed by atoms with van der Waals surface area (Å²) >= 11 is 0. The number of hydrogen-bond donors (Lipinski definition) is 0. The fourth-order valence-corrected chi connectivity index (χ4v) is 2.60. The molecule has 1 aromatic rings. The number of ether oxygens (including phenoxy) is 4. The Labute approximate surface area is 164 Å². The van der Waals surface area contributed by atoms with Gasteiger partial charge in [0.2, 0.25) is 0 Å². The summed E-state index contributed by atoms with van der Waals surface area (Å²) in [5, 5.41) is 0. The Morgan fingerprint density at radius 2 is 1.74 bits per heavy atom. The van der Waals surface area contributed by atoms with Crippen molar-refractivity contribution in [3.8, 4) is 5.75 Å². The molecule has 0 saturated carbocycles. The third-order valence-electron chi connectivity index (χ3n) is 4.27. The molecular formula is C22H36O5. The summed E-state index contributed by atoms with van der Waals surface area (Å²) in [6.45, 7) is 9.18. The molecule has 0 aliphatic rings. The van der Waals surface area contributed by atoms with Crippen LogP contribution in [-0.4, -0.2) is 38.2 Å². The third-order valence-corrected chi connectivity index (χ3v) is 4.27. The van der Waals surface area contributed by atoms with E-state index in [0.29, 0.717) is 6.61 Å². The van der Waals surface area contributed by atoms with Crippen molar-refractivity contribution in [1.29, 1.82) is 0 Å². The molecule has 0 aliphatic heterocycles. The van der Waals surface area contributed by atoms with Crippen LogP contribution in [0.1, 0.15) is 59.8 Å². The van der Waals surface area contributed by atoms with E-state index in [-0.39, 0.29) is 31.4 Å². The van der Waals surface area contributed by atoms with Gasteiger partial charge in [-0.2, -0.15) is 0 Å². The molecule has 5 heteroatoms. The topological polar surface area (TPSA) is 54.0 Å². The summed E-state index contributed by atoms with van der Waals surface area (Å²) in [5.74, 6) is 0.503. The van der Waals surface area contributed by atoms with Crippen LogP contribution in [0, 0.1) is 5.92 Å². The van der Waals surface area contributed by atoms with E-state index < -0.39 is 6.10 Å². The highest BCUT2D eigenvalue weighted by Gasteiger charge is 2.23. The van der Waals surface area contributed by atoms with Gasteiger partial charge in [-0.15, -0.1) is 0 Å². The van der Waals surface area contributed by atoms with Gasteiger partial charge in [0.1, 0.15) is 12.4 Å². The Morgan fingerprint density at radius 1 is 1.00 bits per heavy atom. The highest BCUT2D eigenvalue weighted by molar-refractivity contribution is 5.72. The first kappa shape index (κ1) is 23.4. The molecule has 0 N–H and O–H groups in total. The van der Waals surface area contributed by atoms with Crippen LogP contribution in [0.3, 0.4) is 0 Å². The number of para-hydroxylation sites is 1. The summed E-state index contributed by atoms with van der Waals surface area (Å²) in [5.41, 5.74) is 0. The molecule has 0 radical (unpaired) electrons. The summed E-state index contributed by atoms with van der Waals surface area (Å²) in [4.78, 5) is 12.6. The van der Waals surface area contributed by atoms with Crippen molar-refractivity contribution in [2.45, 2.75) is 72.2 Å². The highest BCUT2D eigenvalue weighted by Crippen LogP contribution is 2.17. The third kappa shape index (κ3) is 10.4. The van der Waals surface area contributed by atoms with Crippen molar-refractivity contribution >= 4 is 5.97 Å². The van der Waals surface area contributed by atoms with E-state index in [4.69, 9.17) is 18.9 Å². The fraction of sp³-hybridized carbons (Fsp3) is 0.682. The Morgan fingerprint density at radius 3 is 2.37 bits per heavy atom. The van der Waals surface area contributed by atoms with Gasteiger partial charge in [-0.05, 0) is 38.3 Å². The molecule has 5 nitrogen and oxygen atoms in total.